The third-order valence-electron chi connectivity index (χ3n) is 5.16. The first-order chi connectivity index (χ1) is 16.0. The number of unbranched alkanes of at least 4 members (excludes halogenated alkanes) is 1. The molecule has 0 unspecified atom stereocenters. The highest BCUT2D eigenvalue weighted by atomic mass is 16.5. The van der Waals surface area contributed by atoms with E-state index in [1.807, 2.05) is 6.92 Å². The molecule has 1 amide bonds. The van der Waals surface area contributed by atoms with Crippen molar-refractivity contribution in [2.45, 2.75) is 33.2 Å². The minimum absolute atomic E-state index is 0.0395. The number of esters is 1. The molecule has 0 saturated carbocycles. The molecular weight excluding hydrogens is 422 g/mol. The lowest BCUT2D eigenvalue weighted by Gasteiger charge is -2.15. The summed E-state index contributed by atoms with van der Waals surface area (Å²) in [6.07, 6.45) is 6.19. The highest BCUT2D eigenvalue weighted by Gasteiger charge is 2.20. The van der Waals surface area contributed by atoms with Crippen molar-refractivity contribution in [3.05, 3.63) is 82.0 Å². The van der Waals surface area contributed by atoms with Gasteiger partial charge in [0.1, 0.15) is 16.9 Å². The van der Waals surface area contributed by atoms with Gasteiger partial charge in [0.05, 0.1) is 12.0 Å². The molecule has 0 aliphatic heterocycles. The first-order valence-corrected chi connectivity index (χ1v) is 10.8. The number of ether oxygens (including phenoxy) is 1. The summed E-state index contributed by atoms with van der Waals surface area (Å²) >= 11 is 0. The number of carbonyl (C=O) groups excluding carboxylic acids is 2. The van der Waals surface area contributed by atoms with Gasteiger partial charge in [0.2, 0.25) is 0 Å². The minimum Gasteiger partial charge on any atom is -0.462 e. The van der Waals surface area contributed by atoms with Crippen LogP contribution in [0.3, 0.4) is 0 Å². The monoisotopic (exact) mass is 445 g/mol. The van der Waals surface area contributed by atoms with E-state index in [1.54, 1.807) is 48.0 Å². The van der Waals surface area contributed by atoms with Crippen LogP contribution in [-0.4, -0.2) is 37.4 Å². The van der Waals surface area contributed by atoms with Crippen LogP contribution in [0, 0.1) is 0 Å². The predicted molar refractivity (Wildman–Crippen MR) is 122 cm³/mol. The zero-order valence-electron chi connectivity index (χ0n) is 18.4. The number of nitrogens with zero attached hydrogens (tertiary/aromatic N) is 5. The van der Waals surface area contributed by atoms with E-state index in [4.69, 9.17) is 4.74 Å². The lowest BCUT2D eigenvalue weighted by Crippen LogP contribution is -2.32. The van der Waals surface area contributed by atoms with Gasteiger partial charge in [0.15, 0.2) is 5.49 Å². The van der Waals surface area contributed by atoms with Crippen LogP contribution in [-0.2, 0) is 11.3 Å². The fraction of sp³-hybridized carbons (Fsp3) is 0.250. The molecule has 0 saturated heterocycles. The normalized spacial score (nSPS) is 11.8. The number of aryl methyl sites for hydroxylation is 1. The second-order valence-electron chi connectivity index (χ2n) is 7.34. The second kappa shape index (κ2) is 9.56. The maximum absolute atomic E-state index is 13.3. The molecule has 0 aliphatic carbocycles. The first-order valence-electron chi connectivity index (χ1n) is 10.8. The maximum atomic E-state index is 13.3. The summed E-state index contributed by atoms with van der Waals surface area (Å²) in [7, 11) is 0. The zero-order valence-corrected chi connectivity index (χ0v) is 18.4. The van der Waals surface area contributed by atoms with Crippen LogP contribution in [0.5, 0.6) is 0 Å². The number of pyridine rings is 3. The van der Waals surface area contributed by atoms with Gasteiger partial charge in [0.25, 0.3) is 11.5 Å². The van der Waals surface area contributed by atoms with Crippen molar-refractivity contribution in [3.8, 4) is 0 Å². The Morgan fingerprint density at radius 1 is 1.12 bits per heavy atom. The largest absolute Gasteiger partial charge is 0.462 e. The molecule has 9 heteroatoms. The minimum atomic E-state index is -0.663. The molecule has 0 N–H and O–H groups in total. The fourth-order valence-electron chi connectivity index (χ4n) is 3.54. The number of hydrogen-bond donors (Lipinski definition) is 0. The van der Waals surface area contributed by atoms with E-state index in [0.29, 0.717) is 23.4 Å². The van der Waals surface area contributed by atoms with Crippen molar-refractivity contribution in [1.29, 1.82) is 0 Å². The third kappa shape index (κ3) is 4.30. The molecule has 4 aromatic rings. The Hall–Kier alpha value is -4.14. The second-order valence-corrected chi connectivity index (χ2v) is 7.34. The number of carbonyl (C=O) groups is 2. The van der Waals surface area contributed by atoms with Crippen LogP contribution in [0.1, 0.15) is 47.4 Å². The number of amides is 1. The van der Waals surface area contributed by atoms with Crippen molar-refractivity contribution in [3.63, 3.8) is 0 Å². The molecule has 9 nitrogen and oxygen atoms in total. The highest BCUT2D eigenvalue weighted by Crippen LogP contribution is 2.13. The molecule has 0 aliphatic rings. The molecule has 0 spiro atoms. The van der Waals surface area contributed by atoms with E-state index in [0.717, 1.165) is 12.8 Å². The summed E-state index contributed by atoms with van der Waals surface area (Å²) in [6.45, 7) is 4.26. The summed E-state index contributed by atoms with van der Waals surface area (Å²) in [6, 6.07) is 9.76. The van der Waals surface area contributed by atoms with Crippen molar-refractivity contribution < 1.29 is 14.3 Å². The van der Waals surface area contributed by atoms with Gasteiger partial charge in [-0.05, 0) is 43.7 Å². The van der Waals surface area contributed by atoms with Gasteiger partial charge in [-0.3, -0.25) is 19.0 Å². The van der Waals surface area contributed by atoms with Gasteiger partial charge in [-0.1, -0.05) is 19.4 Å². The molecule has 0 radical (unpaired) electrons. The lowest BCUT2D eigenvalue weighted by atomic mass is 10.2. The Kier molecular flexibility index (Phi) is 6.39. The number of aromatic nitrogens is 4. The van der Waals surface area contributed by atoms with E-state index in [2.05, 4.69) is 15.0 Å². The Labute approximate surface area is 189 Å². The quantitative estimate of drug-likeness (QED) is 0.334. The Morgan fingerprint density at radius 2 is 1.91 bits per heavy atom. The average molecular weight is 445 g/mol. The third-order valence-corrected chi connectivity index (χ3v) is 5.16. The van der Waals surface area contributed by atoms with Crippen LogP contribution >= 0.6 is 0 Å². The van der Waals surface area contributed by atoms with Crippen LogP contribution in [0.4, 0.5) is 0 Å². The van der Waals surface area contributed by atoms with Gasteiger partial charge in [-0.15, -0.1) is 0 Å². The van der Waals surface area contributed by atoms with E-state index < -0.39 is 11.9 Å². The van der Waals surface area contributed by atoms with Gasteiger partial charge < -0.3 is 9.30 Å². The van der Waals surface area contributed by atoms with Crippen LogP contribution in [0.25, 0.3) is 16.7 Å². The molecule has 168 valence electrons. The van der Waals surface area contributed by atoms with E-state index >= 15 is 0 Å². The molecule has 0 fully saturated rings. The summed E-state index contributed by atoms with van der Waals surface area (Å²) in [5.74, 6) is -1.20. The molecule has 4 heterocycles. The molecule has 0 atom stereocenters. The first kappa shape index (κ1) is 22.1. The van der Waals surface area contributed by atoms with Crippen molar-refractivity contribution in [2.75, 3.05) is 6.61 Å². The maximum Gasteiger partial charge on any atom is 0.341 e. The van der Waals surface area contributed by atoms with Gasteiger partial charge in [0, 0.05) is 30.7 Å². The fourth-order valence-corrected chi connectivity index (χ4v) is 3.54. The molecule has 4 rings (SSSR count). The summed E-state index contributed by atoms with van der Waals surface area (Å²) in [5.41, 5.74) is 0.970. The number of rotatable bonds is 6. The van der Waals surface area contributed by atoms with Crippen molar-refractivity contribution in [1.82, 2.24) is 18.9 Å². The molecule has 0 aromatic carbocycles. The van der Waals surface area contributed by atoms with Crippen LogP contribution < -0.4 is 11.0 Å². The summed E-state index contributed by atoms with van der Waals surface area (Å²) in [4.78, 5) is 52.0. The summed E-state index contributed by atoms with van der Waals surface area (Å²) < 4.78 is 8.31. The van der Waals surface area contributed by atoms with Crippen molar-refractivity contribution in [2.24, 2.45) is 4.99 Å². The van der Waals surface area contributed by atoms with Crippen LogP contribution in [0.15, 0.2) is 64.8 Å². The molecule has 4 aromatic heterocycles. The van der Waals surface area contributed by atoms with Gasteiger partial charge in [-0.2, -0.15) is 4.99 Å². The molecule has 33 heavy (non-hydrogen) atoms. The highest BCUT2D eigenvalue weighted by molar-refractivity contribution is 5.97. The van der Waals surface area contributed by atoms with Gasteiger partial charge >= 0.3 is 5.97 Å². The van der Waals surface area contributed by atoms with Crippen LogP contribution in [0.2, 0.25) is 0 Å². The van der Waals surface area contributed by atoms with E-state index in [1.165, 1.54) is 22.9 Å². The van der Waals surface area contributed by atoms with E-state index in [9.17, 15) is 14.4 Å². The van der Waals surface area contributed by atoms with Crippen molar-refractivity contribution >= 4 is 28.6 Å². The van der Waals surface area contributed by atoms with Gasteiger partial charge in [-0.25, -0.2) is 9.78 Å². The Bertz CT molecular complexity index is 1470. The smallest absolute Gasteiger partial charge is 0.341 e. The number of hydrogen-bond acceptors (Lipinski definition) is 6. The lowest BCUT2D eigenvalue weighted by molar-refractivity contribution is 0.0523. The Balaban J connectivity index is 2.12. The number of fused-ring (bicyclic) bond motifs is 2. The standard InChI is InChI=1S/C24H23N5O4/c1-3-5-13-29-20-17(23(31)28-14-7-6-8-19(28)26-20)15-18(24(32)33-4-2)21(29)27-22(30)16-9-11-25-12-10-16/h6-12,14-15H,3-5,13H2,1-2H3. The summed E-state index contributed by atoms with van der Waals surface area (Å²) in [5, 5.41) is 0.244. The SMILES string of the molecule is CCCCn1c(=NC(=O)c2ccncc2)c(C(=O)OCC)cc2c(=O)n3ccccc3nc21. The topological polar surface area (TPSA) is 108 Å². The average Bonchev–Trinajstić information content (AvgIpc) is 2.84. The van der Waals surface area contributed by atoms with E-state index in [-0.39, 0.29) is 28.6 Å². The predicted octanol–water partition coefficient (Wildman–Crippen LogP) is 2.76. The molecular formula is C24H23N5O4. The Morgan fingerprint density at radius 3 is 2.64 bits per heavy atom. The zero-order chi connectivity index (χ0) is 23.4. The molecule has 0 bridgehead atoms.